The fourth-order valence-electron chi connectivity index (χ4n) is 8.34. The minimum absolute atomic E-state index is 0.608. The van der Waals surface area contributed by atoms with E-state index in [2.05, 4.69) is 102 Å². The monoisotopic (exact) mass is 720 g/mol. The number of hydrogen-bond donors (Lipinski definition) is 0. The lowest BCUT2D eigenvalue weighted by atomic mass is 9.98. The molecule has 256 valence electrons. The van der Waals surface area contributed by atoms with E-state index < -0.39 is 0 Å². The van der Waals surface area contributed by atoms with Crippen LogP contribution in [0.4, 0.5) is 0 Å². The third-order valence-corrected chi connectivity index (χ3v) is 12.0. The van der Waals surface area contributed by atoms with Crippen molar-refractivity contribution >= 4 is 86.0 Å². The molecule has 0 fully saturated rings. The fourth-order valence-corrected chi connectivity index (χ4v) is 9.58. The standard InChI is InChI=1S/C49H28N4OS/c1-3-13-29(14-4-1)47-50-48(30-15-5-2-6-16-30)52-49(51-47)40-28-39-33-18-8-11-21-42(33)54-45(39)36-24-23-31(27-38(36)40)53-41-20-10-7-17-32(41)35-25-26-37-34-19-9-12-22-43(34)55-46(37)44(35)53/h1-28H. The van der Waals surface area contributed by atoms with Crippen molar-refractivity contribution in [2.24, 2.45) is 0 Å². The summed E-state index contributed by atoms with van der Waals surface area (Å²) in [5, 5.41) is 9.10. The Morgan fingerprint density at radius 2 is 1.05 bits per heavy atom. The maximum Gasteiger partial charge on any atom is 0.164 e. The molecule has 0 aliphatic carbocycles. The smallest absolute Gasteiger partial charge is 0.164 e. The molecule has 0 aliphatic heterocycles. The molecule has 12 rings (SSSR count). The van der Waals surface area contributed by atoms with Crippen molar-refractivity contribution in [1.82, 2.24) is 19.5 Å². The van der Waals surface area contributed by atoms with Gasteiger partial charge in [-0.1, -0.05) is 127 Å². The number of para-hydroxylation sites is 2. The van der Waals surface area contributed by atoms with Gasteiger partial charge >= 0.3 is 0 Å². The Labute approximate surface area is 318 Å². The average Bonchev–Trinajstić information content (AvgIpc) is 3.93. The number of thiophene rings is 1. The average molecular weight is 721 g/mol. The van der Waals surface area contributed by atoms with E-state index in [-0.39, 0.29) is 0 Å². The van der Waals surface area contributed by atoms with Crippen LogP contribution in [-0.4, -0.2) is 19.5 Å². The Balaban J connectivity index is 1.20. The highest BCUT2D eigenvalue weighted by Crippen LogP contribution is 2.45. The van der Waals surface area contributed by atoms with Gasteiger partial charge in [0, 0.05) is 64.8 Å². The minimum Gasteiger partial charge on any atom is -0.455 e. The molecule has 0 aliphatic rings. The molecule has 4 heterocycles. The molecule has 0 spiro atoms. The predicted molar refractivity (Wildman–Crippen MR) is 228 cm³/mol. The summed E-state index contributed by atoms with van der Waals surface area (Å²) in [6.07, 6.45) is 0. The molecule has 0 unspecified atom stereocenters. The van der Waals surface area contributed by atoms with Gasteiger partial charge in [-0.25, -0.2) is 15.0 Å². The van der Waals surface area contributed by atoms with Gasteiger partial charge in [0.15, 0.2) is 17.5 Å². The first-order valence-corrected chi connectivity index (χ1v) is 19.2. The summed E-state index contributed by atoms with van der Waals surface area (Å²) in [5.41, 5.74) is 7.90. The van der Waals surface area contributed by atoms with E-state index in [1.807, 2.05) is 84.1 Å². The second kappa shape index (κ2) is 11.7. The molecule has 0 N–H and O–H groups in total. The Bertz CT molecular complexity index is 3430. The molecule has 12 aromatic rings. The van der Waals surface area contributed by atoms with Crippen LogP contribution in [0.1, 0.15) is 0 Å². The van der Waals surface area contributed by atoms with E-state index >= 15 is 0 Å². The Morgan fingerprint density at radius 1 is 0.436 bits per heavy atom. The van der Waals surface area contributed by atoms with Gasteiger partial charge in [-0.05, 0) is 47.9 Å². The molecular formula is C49H28N4OS. The molecule has 6 heteroatoms. The highest BCUT2D eigenvalue weighted by atomic mass is 32.1. The van der Waals surface area contributed by atoms with Crippen molar-refractivity contribution in [3.05, 3.63) is 170 Å². The van der Waals surface area contributed by atoms with Crippen molar-refractivity contribution in [2.45, 2.75) is 0 Å². The van der Waals surface area contributed by atoms with E-state index in [1.165, 1.54) is 36.5 Å². The SMILES string of the molecule is c1ccc(-c2nc(-c3ccccc3)nc(-c3cc4c5ccccc5oc4c4ccc(-n5c6ccccc6c6ccc7c8ccccc8sc7c65)cc34)n2)cc1. The van der Waals surface area contributed by atoms with Crippen LogP contribution in [0.25, 0.3) is 115 Å². The van der Waals surface area contributed by atoms with Gasteiger partial charge in [0.25, 0.3) is 0 Å². The molecule has 5 nitrogen and oxygen atoms in total. The molecule has 0 bridgehead atoms. The quantitative estimate of drug-likeness (QED) is 0.182. The third-order valence-electron chi connectivity index (χ3n) is 10.8. The number of hydrogen-bond acceptors (Lipinski definition) is 5. The van der Waals surface area contributed by atoms with Crippen LogP contribution in [0, 0.1) is 0 Å². The van der Waals surface area contributed by atoms with Gasteiger partial charge < -0.3 is 8.98 Å². The summed E-state index contributed by atoms with van der Waals surface area (Å²) in [6.45, 7) is 0. The van der Waals surface area contributed by atoms with Crippen LogP contribution in [0.15, 0.2) is 174 Å². The number of fused-ring (bicyclic) bond motifs is 12. The van der Waals surface area contributed by atoms with Crippen molar-refractivity contribution in [2.75, 3.05) is 0 Å². The first kappa shape index (κ1) is 30.3. The highest BCUT2D eigenvalue weighted by Gasteiger charge is 2.22. The normalized spacial score (nSPS) is 12.0. The molecule has 0 saturated carbocycles. The number of aromatic nitrogens is 4. The maximum atomic E-state index is 6.65. The molecule has 0 saturated heterocycles. The number of furan rings is 1. The first-order valence-electron chi connectivity index (χ1n) is 18.4. The summed E-state index contributed by atoms with van der Waals surface area (Å²) in [6, 6.07) is 59.5. The van der Waals surface area contributed by atoms with E-state index in [0.29, 0.717) is 17.5 Å². The Kier molecular flexibility index (Phi) is 6.44. The summed E-state index contributed by atoms with van der Waals surface area (Å²) in [4.78, 5) is 15.5. The van der Waals surface area contributed by atoms with Gasteiger partial charge in [0.1, 0.15) is 11.2 Å². The number of rotatable bonds is 4. The minimum atomic E-state index is 0.608. The molecule has 0 atom stereocenters. The first-order chi connectivity index (χ1) is 27.3. The lowest BCUT2D eigenvalue weighted by Gasteiger charge is -2.14. The maximum absolute atomic E-state index is 6.65. The molecule has 55 heavy (non-hydrogen) atoms. The van der Waals surface area contributed by atoms with E-state index in [9.17, 15) is 0 Å². The Morgan fingerprint density at radius 3 is 1.84 bits per heavy atom. The fraction of sp³-hybridized carbons (Fsp3) is 0. The van der Waals surface area contributed by atoms with Crippen LogP contribution in [0.3, 0.4) is 0 Å². The highest BCUT2D eigenvalue weighted by molar-refractivity contribution is 7.26. The zero-order valence-electron chi connectivity index (χ0n) is 29.3. The van der Waals surface area contributed by atoms with Gasteiger partial charge in [-0.15, -0.1) is 11.3 Å². The van der Waals surface area contributed by atoms with E-state index in [4.69, 9.17) is 19.4 Å². The second-order valence-electron chi connectivity index (χ2n) is 14.0. The Hall–Kier alpha value is -7.15. The van der Waals surface area contributed by atoms with Gasteiger partial charge in [-0.2, -0.15) is 0 Å². The zero-order valence-corrected chi connectivity index (χ0v) is 30.1. The van der Waals surface area contributed by atoms with Crippen LogP contribution in [-0.2, 0) is 0 Å². The van der Waals surface area contributed by atoms with Crippen LogP contribution in [0.5, 0.6) is 0 Å². The molecule has 0 radical (unpaired) electrons. The predicted octanol–water partition coefficient (Wildman–Crippen LogP) is 13.4. The van der Waals surface area contributed by atoms with Gasteiger partial charge in [0.05, 0.1) is 15.7 Å². The van der Waals surface area contributed by atoms with Crippen molar-refractivity contribution < 1.29 is 4.42 Å². The lowest BCUT2D eigenvalue weighted by molar-refractivity contribution is 0.672. The zero-order chi connectivity index (χ0) is 36.0. The van der Waals surface area contributed by atoms with Crippen molar-refractivity contribution in [3.8, 4) is 39.9 Å². The van der Waals surface area contributed by atoms with Gasteiger partial charge in [-0.3, -0.25) is 0 Å². The van der Waals surface area contributed by atoms with Crippen LogP contribution >= 0.6 is 11.3 Å². The van der Waals surface area contributed by atoms with Crippen LogP contribution < -0.4 is 0 Å². The lowest BCUT2D eigenvalue weighted by Crippen LogP contribution is -2.01. The van der Waals surface area contributed by atoms with Gasteiger partial charge in [0.2, 0.25) is 0 Å². The van der Waals surface area contributed by atoms with Crippen molar-refractivity contribution in [3.63, 3.8) is 0 Å². The largest absolute Gasteiger partial charge is 0.455 e. The summed E-state index contributed by atoms with van der Waals surface area (Å²) in [5.74, 6) is 1.86. The topological polar surface area (TPSA) is 56.7 Å². The molecule has 0 amide bonds. The van der Waals surface area contributed by atoms with Crippen molar-refractivity contribution in [1.29, 1.82) is 0 Å². The third kappa shape index (κ3) is 4.55. The molecular weight excluding hydrogens is 693 g/mol. The number of benzene rings is 8. The number of nitrogens with zero attached hydrogens (tertiary/aromatic N) is 4. The van der Waals surface area contributed by atoms with Crippen LogP contribution in [0.2, 0.25) is 0 Å². The van der Waals surface area contributed by atoms with E-state index in [1.54, 1.807) is 0 Å². The molecule has 4 aromatic heterocycles. The summed E-state index contributed by atoms with van der Waals surface area (Å²) in [7, 11) is 0. The second-order valence-corrected chi connectivity index (χ2v) is 15.0. The molecule has 8 aromatic carbocycles. The summed E-state index contributed by atoms with van der Waals surface area (Å²) >= 11 is 1.86. The van der Waals surface area contributed by atoms with E-state index in [0.717, 1.165) is 60.6 Å². The summed E-state index contributed by atoms with van der Waals surface area (Å²) < 4.78 is 11.6.